The van der Waals surface area contributed by atoms with E-state index in [4.69, 9.17) is 21.1 Å². The normalized spacial score (nSPS) is 11.0. The van der Waals surface area contributed by atoms with E-state index in [9.17, 15) is 0 Å². The minimum atomic E-state index is 0. The predicted molar refractivity (Wildman–Crippen MR) is 112 cm³/mol. The van der Waals surface area contributed by atoms with Crippen molar-refractivity contribution in [3.8, 4) is 0 Å². The highest BCUT2D eigenvalue weighted by molar-refractivity contribution is 14.0. The summed E-state index contributed by atoms with van der Waals surface area (Å²) in [5.74, 6) is 0.839. The van der Waals surface area contributed by atoms with Crippen LogP contribution in [0.1, 0.15) is 18.9 Å². The molecule has 0 aliphatic rings. The molecule has 0 aliphatic carbocycles. The summed E-state index contributed by atoms with van der Waals surface area (Å²) in [5, 5.41) is 7.35. The lowest BCUT2D eigenvalue weighted by molar-refractivity contribution is 0.0702. The topological polar surface area (TPSA) is 54.9 Å². The van der Waals surface area contributed by atoms with Crippen LogP contribution in [0.5, 0.6) is 0 Å². The monoisotopic (exact) mass is 469 g/mol. The Morgan fingerprint density at radius 3 is 2.75 bits per heavy atom. The summed E-state index contributed by atoms with van der Waals surface area (Å²) in [6, 6.07) is 7.93. The van der Waals surface area contributed by atoms with E-state index in [1.54, 1.807) is 7.11 Å². The molecule has 0 aromatic heterocycles. The zero-order valence-corrected chi connectivity index (χ0v) is 17.6. The van der Waals surface area contributed by atoms with Crippen molar-refractivity contribution >= 4 is 41.5 Å². The Balaban J connectivity index is 0.00000529. The van der Waals surface area contributed by atoms with Gasteiger partial charge in [-0.15, -0.1) is 24.0 Å². The third-order valence-corrected chi connectivity index (χ3v) is 3.32. The van der Waals surface area contributed by atoms with Gasteiger partial charge in [-0.25, -0.2) is 0 Å². The summed E-state index contributed by atoms with van der Waals surface area (Å²) in [7, 11) is 1.67. The van der Waals surface area contributed by atoms with Crippen molar-refractivity contribution < 1.29 is 9.47 Å². The zero-order valence-electron chi connectivity index (χ0n) is 14.5. The largest absolute Gasteiger partial charge is 0.382 e. The number of methoxy groups -OCH3 is 1. The van der Waals surface area contributed by atoms with Gasteiger partial charge in [-0.3, -0.25) is 4.99 Å². The first-order chi connectivity index (χ1) is 11.3. The first-order valence-electron chi connectivity index (χ1n) is 8.09. The summed E-state index contributed by atoms with van der Waals surface area (Å²) in [6.07, 6.45) is 1.81. The lowest BCUT2D eigenvalue weighted by Gasteiger charge is -2.11. The Kier molecular flexibility index (Phi) is 15.6. The molecule has 24 heavy (non-hydrogen) atoms. The average Bonchev–Trinajstić information content (AvgIpc) is 2.54. The first kappa shape index (κ1) is 23.4. The van der Waals surface area contributed by atoms with Crippen LogP contribution in [0.3, 0.4) is 0 Å². The van der Waals surface area contributed by atoms with Gasteiger partial charge in [0.25, 0.3) is 0 Å². The lowest BCUT2D eigenvalue weighted by atomic mass is 10.1. The van der Waals surface area contributed by atoms with E-state index in [1.807, 2.05) is 18.2 Å². The summed E-state index contributed by atoms with van der Waals surface area (Å²) >= 11 is 5.99. The maximum atomic E-state index is 5.99. The van der Waals surface area contributed by atoms with E-state index in [0.717, 1.165) is 43.5 Å². The molecular formula is C17H29ClIN3O2. The number of hydrogen-bond donors (Lipinski definition) is 2. The van der Waals surface area contributed by atoms with Crippen molar-refractivity contribution in [1.82, 2.24) is 10.6 Å². The van der Waals surface area contributed by atoms with Gasteiger partial charge in [0.1, 0.15) is 0 Å². The number of benzene rings is 1. The SMILES string of the molecule is CCNC(=NCCCOCCOC)NCCc1cccc(Cl)c1.I. The van der Waals surface area contributed by atoms with Crippen LogP contribution < -0.4 is 10.6 Å². The van der Waals surface area contributed by atoms with Gasteiger partial charge in [0.2, 0.25) is 0 Å². The molecule has 0 heterocycles. The van der Waals surface area contributed by atoms with Gasteiger partial charge in [0, 0.05) is 38.4 Å². The maximum Gasteiger partial charge on any atom is 0.191 e. The van der Waals surface area contributed by atoms with Crippen LogP contribution in [-0.2, 0) is 15.9 Å². The van der Waals surface area contributed by atoms with Crippen molar-refractivity contribution in [3.63, 3.8) is 0 Å². The molecule has 0 spiro atoms. The molecule has 1 aromatic carbocycles. The van der Waals surface area contributed by atoms with Crippen LogP contribution in [0.4, 0.5) is 0 Å². The molecule has 1 aromatic rings. The molecule has 0 saturated heterocycles. The molecule has 0 fully saturated rings. The molecular weight excluding hydrogens is 441 g/mol. The number of halogens is 2. The van der Waals surface area contributed by atoms with Gasteiger partial charge in [-0.05, 0) is 37.5 Å². The van der Waals surface area contributed by atoms with Crippen LogP contribution in [-0.4, -0.2) is 52.5 Å². The van der Waals surface area contributed by atoms with E-state index in [2.05, 4.69) is 28.6 Å². The number of aliphatic imine (C=N–C) groups is 1. The van der Waals surface area contributed by atoms with E-state index in [1.165, 1.54) is 5.56 Å². The molecule has 0 bridgehead atoms. The van der Waals surface area contributed by atoms with E-state index >= 15 is 0 Å². The van der Waals surface area contributed by atoms with Gasteiger partial charge in [-0.2, -0.15) is 0 Å². The van der Waals surface area contributed by atoms with Crippen LogP contribution in [0, 0.1) is 0 Å². The van der Waals surface area contributed by atoms with Gasteiger partial charge in [-0.1, -0.05) is 23.7 Å². The number of hydrogen-bond acceptors (Lipinski definition) is 3. The number of ether oxygens (including phenoxy) is 2. The number of guanidine groups is 1. The zero-order chi connectivity index (χ0) is 16.8. The minimum Gasteiger partial charge on any atom is -0.382 e. The van der Waals surface area contributed by atoms with Gasteiger partial charge >= 0.3 is 0 Å². The third kappa shape index (κ3) is 11.9. The highest BCUT2D eigenvalue weighted by atomic mass is 127. The van der Waals surface area contributed by atoms with Crippen molar-refractivity contribution in [2.24, 2.45) is 4.99 Å². The molecule has 2 N–H and O–H groups in total. The molecule has 1 rings (SSSR count). The van der Waals surface area contributed by atoms with Gasteiger partial charge in [0.05, 0.1) is 13.2 Å². The van der Waals surface area contributed by atoms with E-state index < -0.39 is 0 Å². The second-order valence-corrected chi connectivity index (χ2v) is 5.46. The Bertz CT molecular complexity index is 461. The highest BCUT2D eigenvalue weighted by Gasteiger charge is 1.98. The smallest absolute Gasteiger partial charge is 0.191 e. The fourth-order valence-electron chi connectivity index (χ4n) is 1.96. The molecule has 0 radical (unpaired) electrons. The van der Waals surface area contributed by atoms with Crippen molar-refractivity contribution in [2.45, 2.75) is 19.8 Å². The molecule has 7 heteroatoms. The molecule has 0 saturated carbocycles. The van der Waals surface area contributed by atoms with Gasteiger partial charge in [0.15, 0.2) is 5.96 Å². The second kappa shape index (κ2) is 15.9. The molecule has 0 unspecified atom stereocenters. The standard InChI is InChI=1S/C17H28ClN3O2.HI/c1-3-19-17(20-9-5-11-23-13-12-22-2)21-10-8-15-6-4-7-16(18)14-15;/h4,6-7,14H,3,5,8-13H2,1-2H3,(H2,19,20,21);1H. The summed E-state index contributed by atoms with van der Waals surface area (Å²) in [4.78, 5) is 4.54. The van der Waals surface area contributed by atoms with E-state index in [0.29, 0.717) is 19.8 Å². The van der Waals surface area contributed by atoms with Crippen LogP contribution in [0.25, 0.3) is 0 Å². The molecule has 138 valence electrons. The molecule has 5 nitrogen and oxygen atoms in total. The Morgan fingerprint density at radius 1 is 1.21 bits per heavy atom. The molecule has 0 aliphatic heterocycles. The summed E-state index contributed by atoms with van der Waals surface area (Å²) < 4.78 is 10.3. The van der Waals surface area contributed by atoms with Gasteiger partial charge < -0.3 is 20.1 Å². The van der Waals surface area contributed by atoms with Crippen molar-refractivity contribution in [1.29, 1.82) is 0 Å². The Morgan fingerprint density at radius 2 is 2.04 bits per heavy atom. The fourth-order valence-corrected chi connectivity index (χ4v) is 2.17. The highest BCUT2D eigenvalue weighted by Crippen LogP contribution is 2.10. The predicted octanol–water partition coefficient (Wildman–Crippen LogP) is 3.11. The van der Waals surface area contributed by atoms with Crippen molar-refractivity contribution in [2.75, 3.05) is 46.6 Å². The average molecular weight is 470 g/mol. The number of nitrogens with zero attached hydrogens (tertiary/aromatic N) is 1. The van der Waals surface area contributed by atoms with Crippen LogP contribution in [0.15, 0.2) is 29.3 Å². The second-order valence-electron chi connectivity index (χ2n) is 5.03. The lowest BCUT2D eigenvalue weighted by Crippen LogP contribution is -2.38. The summed E-state index contributed by atoms with van der Waals surface area (Å²) in [5.41, 5.74) is 1.22. The molecule has 0 atom stereocenters. The van der Waals surface area contributed by atoms with Crippen molar-refractivity contribution in [3.05, 3.63) is 34.9 Å². The maximum absolute atomic E-state index is 5.99. The minimum absolute atomic E-state index is 0. The quantitative estimate of drug-likeness (QED) is 0.226. The third-order valence-electron chi connectivity index (χ3n) is 3.09. The Labute approximate surface area is 167 Å². The molecule has 0 amide bonds. The summed E-state index contributed by atoms with van der Waals surface area (Å²) in [6.45, 7) is 6.43. The fraction of sp³-hybridized carbons (Fsp3) is 0.588. The number of rotatable bonds is 11. The Hall–Kier alpha value is -0.570. The number of nitrogens with one attached hydrogen (secondary N) is 2. The first-order valence-corrected chi connectivity index (χ1v) is 8.47. The van der Waals surface area contributed by atoms with Crippen LogP contribution >= 0.6 is 35.6 Å². The van der Waals surface area contributed by atoms with E-state index in [-0.39, 0.29) is 24.0 Å². The van der Waals surface area contributed by atoms with Crippen LogP contribution in [0.2, 0.25) is 5.02 Å².